The molecule has 3 nitrogen and oxygen atoms in total. The van der Waals surface area contributed by atoms with E-state index in [-0.39, 0.29) is 34.7 Å². The molecule has 4 aromatic carbocycles. The van der Waals surface area contributed by atoms with Gasteiger partial charge in [0.2, 0.25) is 0 Å². The van der Waals surface area contributed by atoms with Crippen LogP contribution in [0.2, 0.25) is 0 Å². The van der Waals surface area contributed by atoms with Crippen LogP contribution in [-0.4, -0.2) is 13.2 Å². The fourth-order valence-corrected chi connectivity index (χ4v) is 5.13. The third kappa shape index (κ3) is 7.97. The zero-order valence-corrected chi connectivity index (χ0v) is 25.3. The van der Waals surface area contributed by atoms with Crippen molar-refractivity contribution in [1.29, 1.82) is 0 Å². The lowest BCUT2D eigenvalue weighted by molar-refractivity contribution is -0.206. The van der Waals surface area contributed by atoms with Gasteiger partial charge >= 0.3 is 6.11 Å². The highest BCUT2D eigenvalue weighted by Gasteiger charge is 2.41. The van der Waals surface area contributed by atoms with E-state index >= 15 is 4.39 Å². The van der Waals surface area contributed by atoms with E-state index in [1.54, 1.807) is 6.07 Å². The van der Waals surface area contributed by atoms with E-state index in [9.17, 15) is 35.1 Å². The number of benzene rings is 4. The zero-order chi connectivity index (χ0) is 34.6. The summed E-state index contributed by atoms with van der Waals surface area (Å²) in [4.78, 5) is 0. The maximum Gasteiger partial charge on any atom is 0.432 e. The highest BCUT2D eigenvalue weighted by molar-refractivity contribution is 5.66. The Morgan fingerprint density at radius 1 is 0.729 bits per heavy atom. The molecule has 4 aromatic rings. The van der Waals surface area contributed by atoms with E-state index in [0.29, 0.717) is 30.9 Å². The van der Waals surface area contributed by atoms with E-state index in [4.69, 9.17) is 9.47 Å². The molecule has 0 N–H and O–H groups in total. The fraction of sp³-hybridized carbons (Fsp3) is 0.278. The molecule has 1 saturated heterocycles. The van der Waals surface area contributed by atoms with Gasteiger partial charge in [-0.05, 0) is 42.3 Å². The first kappa shape index (κ1) is 34.9. The quantitative estimate of drug-likeness (QED) is 0.0764. The van der Waals surface area contributed by atoms with E-state index in [2.05, 4.69) is 23.5 Å². The predicted molar refractivity (Wildman–Crippen MR) is 157 cm³/mol. The second kappa shape index (κ2) is 14.7. The largest absolute Gasteiger partial charge is 0.432 e. The Hall–Kier alpha value is -4.47. The standard InChI is InChI=1S/C36H27F9O3/c1-2-3-4-5-21-18-46-35(47-19-21)24-10-11-26(28(38)15-24)23-9-8-22(27(37)14-23)7-6-20-12-29(39)33(30(40)13-20)36(44,45)48-25-16-31(41)34(43)32(42)17-25/h8-17,21,35H,2-5,18-19H2,1H3. The van der Waals surface area contributed by atoms with Crippen molar-refractivity contribution < 1.29 is 53.7 Å². The number of ether oxygens (including phenoxy) is 3. The molecule has 0 amide bonds. The fourth-order valence-electron chi connectivity index (χ4n) is 5.13. The number of halogens is 9. The minimum absolute atomic E-state index is 0.0797. The average Bonchev–Trinajstić information content (AvgIpc) is 3.03. The Labute approximate surface area is 270 Å². The van der Waals surface area contributed by atoms with Crippen molar-refractivity contribution in [3.05, 3.63) is 124 Å². The summed E-state index contributed by atoms with van der Waals surface area (Å²) in [6, 6.07) is 8.93. The van der Waals surface area contributed by atoms with Crippen molar-refractivity contribution in [2.24, 2.45) is 5.92 Å². The van der Waals surface area contributed by atoms with Crippen molar-refractivity contribution in [2.45, 2.75) is 45.0 Å². The third-order valence-corrected chi connectivity index (χ3v) is 7.61. The topological polar surface area (TPSA) is 27.7 Å². The molecular weight excluding hydrogens is 651 g/mol. The second-order valence-electron chi connectivity index (χ2n) is 11.2. The van der Waals surface area contributed by atoms with Gasteiger partial charge in [-0.3, -0.25) is 0 Å². The summed E-state index contributed by atoms with van der Waals surface area (Å²) in [5.41, 5.74) is -1.89. The summed E-state index contributed by atoms with van der Waals surface area (Å²) in [6.07, 6.45) is -1.18. The van der Waals surface area contributed by atoms with Crippen LogP contribution in [0.5, 0.6) is 5.75 Å². The predicted octanol–water partition coefficient (Wildman–Crippen LogP) is 10.1. The van der Waals surface area contributed by atoms with Crippen LogP contribution in [0.1, 0.15) is 61.2 Å². The van der Waals surface area contributed by atoms with Crippen LogP contribution in [0.4, 0.5) is 39.5 Å². The first-order chi connectivity index (χ1) is 22.9. The highest BCUT2D eigenvalue weighted by Crippen LogP contribution is 2.36. The zero-order valence-electron chi connectivity index (χ0n) is 25.3. The molecule has 0 saturated carbocycles. The molecule has 1 aliphatic heterocycles. The number of unbranched alkanes of at least 4 members (excludes halogenated alkanes) is 2. The summed E-state index contributed by atoms with van der Waals surface area (Å²) in [7, 11) is 0. The molecule has 1 fully saturated rings. The first-order valence-corrected chi connectivity index (χ1v) is 14.9. The summed E-state index contributed by atoms with van der Waals surface area (Å²) in [6.45, 7) is 3.12. The molecule has 1 heterocycles. The van der Waals surface area contributed by atoms with Gasteiger partial charge in [0, 0.05) is 34.7 Å². The lowest BCUT2D eigenvalue weighted by atomic mass is 10.00. The Balaban J connectivity index is 1.28. The molecule has 48 heavy (non-hydrogen) atoms. The van der Waals surface area contributed by atoms with Crippen LogP contribution >= 0.6 is 0 Å². The smallest absolute Gasteiger partial charge is 0.429 e. The van der Waals surface area contributed by atoms with E-state index in [0.717, 1.165) is 31.7 Å². The maximum absolute atomic E-state index is 15.1. The Kier molecular flexibility index (Phi) is 10.7. The normalized spacial score (nSPS) is 16.4. The van der Waals surface area contributed by atoms with Crippen LogP contribution in [0.15, 0.2) is 60.7 Å². The van der Waals surface area contributed by atoms with Gasteiger partial charge in [0.1, 0.15) is 34.6 Å². The maximum atomic E-state index is 15.1. The molecular formula is C36H27F9O3. The highest BCUT2D eigenvalue weighted by atomic mass is 19.3. The van der Waals surface area contributed by atoms with Gasteiger partial charge in [0.05, 0.1) is 18.8 Å². The van der Waals surface area contributed by atoms with Crippen LogP contribution in [-0.2, 0) is 15.6 Å². The minimum atomic E-state index is -4.78. The first-order valence-electron chi connectivity index (χ1n) is 14.9. The molecule has 0 aliphatic carbocycles. The Morgan fingerprint density at radius 3 is 2.00 bits per heavy atom. The van der Waals surface area contributed by atoms with Gasteiger partial charge in [-0.25, -0.2) is 30.7 Å². The molecule has 0 unspecified atom stereocenters. The van der Waals surface area contributed by atoms with E-state index < -0.39 is 70.0 Å². The van der Waals surface area contributed by atoms with Crippen molar-refractivity contribution in [2.75, 3.05) is 13.2 Å². The van der Waals surface area contributed by atoms with Crippen molar-refractivity contribution in [3.63, 3.8) is 0 Å². The van der Waals surface area contributed by atoms with Gasteiger partial charge < -0.3 is 14.2 Å². The number of hydrogen-bond acceptors (Lipinski definition) is 3. The third-order valence-electron chi connectivity index (χ3n) is 7.61. The number of alkyl halides is 2. The lowest BCUT2D eigenvalue weighted by Gasteiger charge is -2.29. The van der Waals surface area contributed by atoms with Gasteiger partial charge in [0.15, 0.2) is 23.7 Å². The summed E-state index contributed by atoms with van der Waals surface area (Å²) >= 11 is 0. The molecule has 0 bridgehead atoms. The molecule has 5 rings (SSSR count). The van der Waals surface area contributed by atoms with Crippen LogP contribution in [0.25, 0.3) is 11.1 Å². The molecule has 0 atom stereocenters. The lowest BCUT2D eigenvalue weighted by Crippen LogP contribution is -2.27. The van der Waals surface area contributed by atoms with Gasteiger partial charge in [-0.15, -0.1) is 0 Å². The Morgan fingerprint density at radius 2 is 1.40 bits per heavy atom. The average molecular weight is 679 g/mol. The monoisotopic (exact) mass is 678 g/mol. The van der Waals surface area contributed by atoms with Gasteiger partial charge in [-0.2, -0.15) is 8.78 Å². The van der Waals surface area contributed by atoms with Crippen LogP contribution < -0.4 is 4.74 Å². The summed E-state index contributed by atoms with van der Waals surface area (Å²) in [5.74, 6) is -7.23. The van der Waals surface area contributed by atoms with E-state index in [1.807, 2.05) is 0 Å². The van der Waals surface area contributed by atoms with E-state index in [1.165, 1.54) is 24.3 Å². The summed E-state index contributed by atoms with van der Waals surface area (Å²) in [5, 5.41) is 0. The van der Waals surface area contributed by atoms with Gasteiger partial charge in [0.25, 0.3) is 0 Å². The molecule has 0 spiro atoms. The summed E-state index contributed by atoms with van der Waals surface area (Å²) < 4.78 is 144. The second-order valence-corrected chi connectivity index (χ2v) is 11.2. The number of rotatable bonds is 9. The SMILES string of the molecule is CCCCCC1COC(c2ccc(-c3ccc(C#Cc4cc(F)c(C(F)(F)Oc5cc(F)c(F)c(F)c5)c(F)c4)c(F)c3)c(F)c2)OC1. The molecule has 0 radical (unpaired) electrons. The van der Waals surface area contributed by atoms with Gasteiger partial charge in [-0.1, -0.05) is 56.2 Å². The molecule has 252 valence electrons. The molecule has 1 aliphatic rings. The minimum Gasteiger partial charge on any atom is -0.429 e. The van der Waals surface area contributed by atoms with Crippen LogP contribution in [0.3, 0.4) is 0 Å². The van der Waals surface area contributed by atoms with Crippen molar-refractivity contribution in [3.8, 4) is 28.7 Å². The molecule has 0 aromatic heterocycles. The molecule has 12 heteroatoms. The Bertz CT molecular complexity index is 1810. The van der Waals surface area contributed by atoms with Crippen molar-refractivity contribution >= 4 is 0 Å². The van der Waals surface area contributed by atoms with Crippen molar-refractivity contribution in [1.82, 2.24) is 0 Å². The van der Waals surface area contributed by atoms with Crippen LogP contribution in [0, 0.1) is 58.5 Å². The number of hydrogen-bond donors (Lipinski definition) is 0.